The number of carbonyl (C=O) groups is 1. The number of piperazine rings is 1. The van der Waals surface area contributed by atoms with Gasteiger partial charge in [0.2, 0.25) is 11.7 Å². The van der Waals surface area contributed by atoms with E-state index in [9.17, 15) is 4.79 Å². The van der Waals surface area contributed by atoms with E-state index in [0.29, 0.717) is 41.9 Å². The van der Waals surface area contributed by atoms with E-state index in [1.807, 2.05) is 24.0 Å². The van der Waals surface area contributed by atoms with Crippen LogP contribution < -0.4 is 14.4 Å². The minimum atomic E-state index is -0.0176. The van der Waals surface area contributed by atoms with Crippen LogP contribution in [0.1, 0.15) is 23.2 Å². The summed E-state index contributed by atoms with van der Waals surface area (Å²) >= 11 is 0. The van der Waals surface area contributed by atoms with Gasteiger partial charge < -0.3 is 23.8 Å². The van der Waals surface area contributed by atoms with Crippen LogP contribution in [-0.2, 0) is 6.42 Å². The maximum atomic E-state index is 13.0. The van der Waals surface area contributed by atoms with Gasteiger partial charge >= 0.3 is 0 Å². The molecule has 0 radical (unpaired) electrons. The highest BCUT2D eigenvalue weighted by molar-refractivity contribution is 5.95. The van der Waals surface area contributed by atoms with Gasteiger partial charge in [-0.25, -0.2) is 0 Å². The lowest BCUT2D eigenvalue weighted by Crippen LogP contribution is -2.48. The van der Waals surface area contributed by atoms with Crippen molar-refractivity contribution in [3.8, 4) is 22.9 Å². The lowest BCUT2D eigenvalue weighted by Gasteiger charge is -2.36. The van der Waals surface area contributed by atoms with Crippen LogP contribution in [0.15, 0.2) is 47.0 Å². The fourth-order valence-corrected chi connectivity index (χ4v) is 3.62. The third-order valence-electron chi connectivity index (χ3n) is 5.43. The summed E-state index contributed by atoms with van der Waals surface area (Å²) in [7, 11) is 3.16. The van der Waals surface area contributed by atoms with Crippen LogP contribution in [0.25, 0.3) is 11.4 Å². The normalized spacial score (nSPS) is 13.9. The van der Waals surface area contributed by atoms with Crippen LogP contribution >= 0.6 is 0 Å². The number of hydrogen-bond donors (Lipinski definition) is 0. The number of aromatic nitrogens is 2. The molecule has 2 heterocycles. The average Bonchev–Trinajstić information content (AvgIpc) is 3.33. The number of aryl methyl sites for hydroxylation is 1. The van der Waals surface area contributed by atoms with Gasteiger partial charge in [-0.2, -0.15) is 4.98 Å². The maximum Gasteiger partial charge on any atom is 0.254 e. The molecule has 0 spiro atoms. The van der Waals surface area contributed by atoms with Crippen molar-refractivity contribution in [1.29, 1.82) is 0 Å². The first-order valence-corrected chi connectivity index (χ1v) is 10.3. The first-order valence-electron chi connectivity index (χ1n) is 10.3. The van der Waals surface area contributed by atoms with Crippen LogP contribution in [0.4, 0.5) is 5.69 Å². The zero-order valence-electron chi connectivity index (χ0n) is 18.0. The van der Waals surface area contributed by atoms with Crippen LogP contribution in [0.5, 0.6) is 11.5 Å². The second-order valence-electron chi connectivity index (χ2n) is 7.29. The molecular formula is C23H26N4O4. The Morgan fingerprint density at radius 3 is 2.19 bits per heavy atom. The molecule has 2 aromatic carbocycles. The number of carbonyl (C=O) groups excluding carboxylic acids is 1. The number of nitrogens with zero attached hydrogens (tertiary/aromatic N) is 4. The van der Waals surface area contributed by atoms with E-state index in [2.05, 4.69) is 27.2 Å². The lowest BCUT2D eigenvalue weighted by molar-refractivity contribution is 0.0746. The quantitative estimate of drug-likeness (QED) is 0.603. The van der Waals surface area contributed by atoms with Gasteiger partial charge in [-0.15, -0.1) is 0 Å². The zero-order valence-corrected chi connectivity index (χ0v) is 18.0. The van der Waals surface area contributed by atoms with Crippen molar-refractivity contribution in [2.75, 3.05) is 45.3 Å². The molecular weight excluding hydrogens is 396 g/mol. The first kappa shape index (κ1) is 20.7. The summed E-state index contributed by atoms with van der Waals surface area (Å²) in [6.07, 6.45) is 0.719. The van der Waals surface area contributed by atoms with Crippen LogP contribution in [-0.4, -0.2) is 61.3 Å². The third-order valence-corrected chi connectivity index (χ3v) is 5.43. The Hall–Kier alpha value is -3.55. The molecule has 1 aliphatic heterocycles. The Labute approximate surface area is 181 Å². The summed E-state index contributed by atoms with van der Waals surface area (Å²) in [6, 6.07) is 13.4. The van der Waals surface area contributed by atoms with Gasteiger partial charge in [0.05, 0.1) is 14.2 Å². The SMILES string of the molecule is CCc1nc(-c2ccc(N3CCN(C(=O)c4cc(OC)cc(OC)c4)CC3)cc2)no1. The van der Waals surface area contributed by atoms with E-state index in [1.165, 1.54) is 0 Å². The van der Waals surface area contributed by atoms with Crippen molar-refractivity contribution >= 4 is 11.6 Å². The van der Waals surface area contributed by atoms with E-state index < -0.39 is 0 Å². The van der Waals surface area contributed by atoms with Crippen molar-refractivity contribution in [3.63, 3.8) is 0 Å². The number of benzene rings is 2. The molecule has 162 valence electrons. The highest BCUT2D eigenvalue weighted by atomic mass is 16.5. The van der Waals surface area contributed by atoms with Gasteiger partial charge in [-0.3, -0.25) is 4.79 Å². The van der Waals surface area contributed by atoms with E-state index in [4.69, 9.17) is 14.0 Å². The Morgan fingerprint density at radius 2 is 1.65 bits per heavy atom. The van der Waals surface area contributed by atoms with Gasteiger partial charge in [0.15, 0.2) is 0 Å². The van der Waals surface area contributed by atoms with E-state index in [1.54, 1.807) is 32.4 Å². The molecule has 0 N–H and O–H groups in total. The molecule has 8 nitrogen and oxygen atoms in total. The number of rotatable bonds is 6. The fourth-order valence-electron chi connectivity index (χ4n) is 3.62. The topological polar surface area (TPSA) is 80.9 Å². The average molecular weight is 422 g/mol. The summed E-state index contributed by atoms with van der Waals surface area (Å²) in [5, 5.41) is 4.02. The molecule has 1 fully saturated rings. The molecule has 4 rings (SSSR count). The smallest absolute Gasteiger partial charge is 0.254 e. The van der Waals surface area contributed by atoms with Crippen molar-refractivity contribution in [1.82, 2.24) is 15.0 Å². The summed E-state index contributed by atoms with van der Waals surface area (Å²) < 4.78 is 15.8. The summed E-state index contributed by atoms with van der Waals surface area (Å²) in [5.74, 6) is 2.43. The molecule has 0 atom stereocenters. The number of amides is 1. The lowest BCUT2D eigenvalue weighted by atomic mass is 10.1. The van der Waals surface area contributed by atoms with Gasteiger partial charge in [0, 0.05) is 55.5 Å². The second-order valence-corrected chi connectivity index (χ2v) is 7.29. The monoisotopic (exact) mass is 422 g/mol. The maximum absolute atomic E-state index is 13.0. The third kappa shape index (κ3) is 4.47. The minimum Gasteiger partial charge on any atom is -0.497 e. The number of ether oxygens (including phenoxy) is 2. The summed E-state index contributed by atoms with van der Waals surface area (Å²) in [6.45, 7) is 4.79. The van der Waals surface area contributed by atoms with Gasteiger partial charge in [-0.05, 0) is 36.4 Å². The predicted molar refractivity (Wildman–Crippen MR) is 117 cm³/mol. The molecule has 1 amide bonds. The standard InChI is InChI=1S/C23H26N4O4/c1-4-21-24-22(25-31-21)16-5-7-18(8-6-16)26-9-11-27(12-10-26)23(28)17-13-19(29-2)15-20(14-17)30-3/h5-8,13-15H,4,9-12H2,1-3H3. The molecule has 1 aromatic heterocycles. The Kier molecular flexibility index (Phi) is 6.06. The molecule has 0 bridgehead atoms. The van der Waals surface area contributed by atoms with E-state index in [-0.39, 0.29) is 5.91 Å². The molecule has 31 heavy (non-hydrogen) atoms. The van der Waals surface area contributed by atoms with Crippen molar-refractivity contribution < 1.29 is 18.8 Å². The molecule has 8 heteroatoms. The second kappa shape index (κ2) is 9.07. The van der Waals surface area contributed by atoms with Crippen LogP contribution in [0.2, 0.25) is 0 Å². The van der Waals surface area contributed by atoms with E-state index >= 15 is 0 Å². The predicted octanol–water partition coefficient (Wildman–Crippen LogP) is 3.28. The number of anilines is 1. The zero-order chi connectivity index (χ0) is 21.8. The molecule has 0 unspecified atom stereocenters. The highest BCUT2D eigenvalue weighted by Crippen LogP contribution is 2.25. The van der Waals surface area contributed by atoms with Gasteiger partial charge in [0.1, 0.15) is 11.5 Å². The van der Waals surface area contributed by atoms with Crippen molar-refractivity contribution in [2.45, 2.75) is 13.3 Å². The van der Waals surface area contributed by atoms with Crippen molar-refractivity contribution in [2.24, 2.45) is 0 Å². The van der Waals surface area contributed by atoms with Crippen LogP contribution in [0, 0.1) is 0 Å². The highest BCUT2D eigenvalue weighted by Gasteiger charge is 2.23. The molecule has 1 aliphatic rings. The van der Waals surface area contributed by atoms with Crippen LogP contribution in [0.3, 0.4) is 0 Å². The molecule has 1 saturated heterocycles. The molecule has 3 aromatic rings. The summed E-state index contributed by atoms with van der Waals surface area (Å²) in [5.41, 5.74) is 2.60. The Bertz CT molecular complexity index is 1020. The van der Waals surface area contributed by atoms with Crippen molar-refractivity contribution in [3.05, 3.63) is 53.9 Å². The van der Waals surface area contributed by atoms with E-state index in [0.717, 1.165) is 30.8 Å². The minimum absolute atomic E-state index is 0.0176. The fraction of sp³-hybridized carbons (Fsp3) is 0.348. The largest absolute Gasteiger partial charge is 0.497 e. The Balaban J connectivity index is 1.40. The van der Waals surface area contributed by atoms with Gasteiger partial charge in [0.25, 0.3) is 5.91 Å². The number of methoxy groups -OCH3 is 2. The van der Waals surface area contributed by atoms with Gasteiger partial charge in [-0.1, -0.05) is 12.1 Å². The Morgan fingerprint density at radius 1 is 1.00 bits per heavy atom. The molecule has 0 aliphatic carbocycles. The summed E-state index contributed by atoms with van der Waals surface area (Å²) in [4.78, 5) is 21.5. The number of hydrogen-bond acceptors (Lipinski definition) is 7. The first-order chi connectivity index (χ1) is 15.1. The molecule has 0 saturated carbocycles.